The molecule has 8 nitrogen and oxygen atoms in total. The summed E-state index contributed by atoms with van der Waals surface area (Å²) in [5.41, 5.74) is 1.57. The van der Waals surface area contributed by atoms with Crippen LogP contribution in [0.3, 0.4) is 0 Å². The molecule has 142 valence electrons. The Balaban J connectivity index is 1.38. The SMILES string of the molecule is O=C1CCC(C(=O)Nc2ccc(Nc3cc(-n4cccn4)ncn3)cc2)CC1. The second kappa shape index (κ2) is 7.99. The summed E-state index contributed by atoms with van der Waals surface area (Å²) in [6.07, 6.45) is 7.25. The molecule has 0 radical (unpaired) electrons. The van der Waals surface area contributed by atoms with Crippen molar-refractivity contribution >= 4 is 28.9 Å². The van der Waals surface area contributed by atoms with Crippen molar-refractivity contribution in [3.8, 4) is 5.82 Å². The van der Waals surface area contributed by atoms with Crippen LogP contribution in [0.4, 0.5) is 17.2 Å². The van der Waals surface area contributed by atoms with Crippen LogP contribution in [-0.4, -0.2) is 31.4 Å². The number of hydrogen-bond donors (Lipinski definition) is 2. The fourth-order valence-corrected chi connectivity index (χ4v) is 3.18. The van der Waals surface area contributed by atoms with Crippen molar-refractivity contribution in [2.45, 2.75) is 25.7 Å². The summed E-state index contributed by atoms with van der Waals surface area (Å²) in [5.74, 6) is 1.45. The Hall–Kier alpha value is -3.55. The van der Waals surface area contributed by atoms with Gasteiger partial charge in [0.2, 0.25) is 5.91 Å². The zero-order chi connectivity index (χ0) is 19.3. The maximum absolute atomic E-state index is 12.3. The molecule has 1 aliphatic rings. The van der Waals surface area contributed by atoms with E-state index in [-0.39, 0.29) is 17.6 Å². The van der Waals surface area contributed by atoms with E-state index in [1.807, 2.05) is 36.5 Å². The van der Waals surface area contributed by atoms with E-state index >= 15 is 0 Å². The summed E-state index contributed by atoms with van der Waals surface area (Å²) in [6.45, 7) is 0. The first-order valence-electron chi connectivity index (χ1n) is 9.19. The maximum atomic E-state index is 12.3. The van der Waals surface area contributed by atoms with E-state index < -0.39 is 0 Å². The number of hydrogen-bond acceptors (Lipinski definition) is 6. The van der Waals surface area contributed by atoms with Crippen LogP contribution in [0.5, 0.6) is 0 Å². The average molecular weight is 376 g/mol. The first-order chi connectivity index (χ1) is 13.7. The van der Waals surface area contributed by atoms with Crippen molar-refractivity contribution in [3.05, 3.63) is 55.1 Å². The van der Waals surface area contributed by atoms with Crippen molar-refractivity contribution in [1.29, 1.82) is 0 Å². The van der Waals surface area contributed by atoms with E-state index in [9.17, 15) is 9.59 Å². The molecule has 28 heavy (non-hydrogen) atoms. The largest absolute Gasteiger partial charge is 0.340 e. The van der Waals surface area contributed by atoms with Crippen LogP contribution in [0, 0.1) is 5.92 Å². The Morgan fingerprint density at radius 2 is 1.82 bits per heavy atom. The number of aromatic nitrogens is 4. The minimum absolute atomic E-state index is 0.0205. The van der Waals surface area contributed by atoms with Crippen LogP contribution >= 0.6 is 0 Å². The van der Waals surface area contributed by atoms with Gasteiger partial charge in [0.25, 0.3) is 0 Å². The molecule has 1 aromatic carbocycles. The molecule has 4 rings (SSSR count). The van der Waals surface area contributed by atoms with Crippen molar-refractivity contribution in [2.75, 3.05) is 10.6 Å². The number of amides is 1. The van der Waals surface area contributed by atoms with E-state index in [2.05, 4.69) is 25.7 Å². The zero-order valence-corrected chi connectivity index (χ0v) is 15.2. The number of carbonyl (C=O) groups is 2. The normalized spacial score (nSPS) is 14.6. The van der Waals surface area contributed by atoms with Gasteiger partial charge in [-0.2, -0.15) is 5.10 Å². The van der Waals surface area contributed by atoms with Crippen molar-refractivity contribution in [2.24, 2.45) is 5.92 Å². The lowest BCUT2D eigenvalue weighted by Crippen LogP contribution is -2.27. The van der Waals surface area contributed by atoms with Gasteiger partial charge in [0.1, 0.15) is 17.9 Å². The second-order valence-corrected chi connectivity index (χ2v) is 6.72. The van der Waals surface area contributed by atoms with Crippen molar-refractivity contribution < 1.29 is 9.59 Å². The summed E-state index contributed by atoms with van der Waals surface area (Å²) in [7, 11) is 0. The summed E-state index contributed by atoms with van der Waals surface area (Å²) < 4.78 is 1.66. The number of rotatable bonds is 5. The highest BCUT2D eigenvalue weighted by Crippen LogP contribution is 2.24. The molecular formula is C20H20N6O2. The van der Waals surface area contributed by atoms with Crippen LogP contribution < -0.4 is 10.6 Å². The first kappa shape index (κ1) is 17.8. The second-order valence-electron chi connectivity index (χ2n) is 6.72. The van der Waals surface area contributed by atoms with Crippen molar-refractivity contribution in [3.63, 3.8) is 0 Å². The van der Waals surface area contributed by atoms with Gasteiger partial charge in [-0.05, 0) is 43.2 Å². The number of nitrogens with one attached hydrogen (secondary N) is 2. The molecule has 8 heteroatoms. The molecule has 3 aromatic rings. The summed E-state index contributed by atoms with van der Waals surface area (Å²) in [6, 6.07) is 11.0. The molecule has 2 heterocycles. The van der Waals surface area contributed by atoms with Gasteiger partial charge in [0.15, 0.2) is 5.82 Å². The number of benzene rings is 1. The molecule has 1 aliphatic carbocycles. The summed E-state index contributed by atoms with van der Waals surface area (Å²) >= 11 is 0. The lowest BCUT2D eigenvalue weighted by Gasteiger charge is -2.20. The standard InChI is InChI=1S/C20H20N6O2/c27-17-8-2-14(3-9-17)20(28)25-16-6-4-15(5-7-16)24-18-12-19(22-13-21-18)26-11-1-10-23-26/h1,4-7,10-14H,2-3,8-9H2,(H,25,28)(H,21,22,24). The molecule has 2 N–H and O–H groups in total. The van der Waals surface area contributed by atoms with Gasteiger partial charge in [-0.1, -0.05) is 0 Å². The zero-order valence-electron chi connectivity index (χ0n) is 15.2. The topological polar surface area (TPSA) is 102 Å². The third kappa shape index (κ3) is 4.22. The number of anilines is 3. The highest BCUT2D eigenvalue weighted by Gasteiger charge is 2.24. The van der Waals surface area contributed by atoms with Gasteiger partial charge in [0.05, 0.1) is 0 Å². The quantitative estimate of drug-likeness (QED) is 0.709. The first-order valence-corrected chi connectivity index (χ1v) is 9.19. The van der Waals surface area contributed by atoms with Crippen LogP contribution in [-0.2, 0) is 9.59 Å². The van der Waals surface area contributed by atoms with Gasteiger partial charge in [-0.15, -0.1) is 0 Å². The van der Waals surface area contributed by atoms with Gasteiger partial charge >= 0.3 is 0 Å². The molecule has 1 saturated carbocycles. The molecule has 1 amide bonds. The molecule has 0 unspecified atom stereocenters. The number of ketones is 1. The Kier molecular flexibility index (Phi) is 5.09. The van der Waals surface area contributed by atoms with Crippen molar-refractivity contribution in [1.82, 2.24) is 19.7 Å². The maximum Gasteiger partial charge on any atom is 0.227 e. The number of Topliss-reactive ketones (excluding diaryl/α,β-unsaturated/α-hetero) is 1. The van der Waals surface area contributed by atoms with E-state index in [1.165, 1.54) is 6.33 Å². The van der Waals surface area contributed by atoms with Gasteiger partial charge in [-0.3, -0.25) is 9.59 Å². The van der Waals surface area contributed by atoms with E-state index in [4.69, 9.17) is 0 Å². The minimum Gasteiger partial charge on any atom is -0.340 e. The molecular weight excluding hydrogens is 356 g/mol. The Labute approximate surface area is 162 Å². The Bertz CT molecular complexity index is 959. The molecule has 2 aromatic heterocycles. The lowest BCUT2D eigenvalue weighted by molar-refractivity contribution is -0.125. The predicted molar refractivity (Wildman–Crippen MR) is 104 cm³/mol. The Morgan fingerprint density at radius 1 is 1.07 bits per heavy atom. The smallest absolute Gasteiger partial charge is 0.227 e. The summed E-state index contributed by atoms with van der Waals surface area (Å²) in [4.78, 5) is 32.1. The number of nitrogens with zero attached hydrogens (tertiary/aromatic N) is 4. The average Bonchev–Trinajstić information content (AvgIpc) is 3.25. The lowest BCUT2D eigenvalue weighted by atomic mass is 9.88. The minimum atomic E-state index is -0.0859. The van der Waals surface area contributed by atoms with E-state index in [0.717, 1.165) is 11.4 Å². The monoisotopic (exact) mass is 376 g/mol. The highest BCUT2D eigenvalue weighted by molar-refractivity contribution is 5.94. The van der Waals surface area contributed by atoms with Crippen LogP contribution in [0.1, 0.15) is 25.7 Å². The fourth-order valence-electron chi connectivity index (χ4n) is 3.18. The molecule has 0 aliphatic heterocycles. The van der Waals surface area contributed by atoms with E-state index in [1.54, 1.807) is 16.9 Å². The number of carbonyl (C=O) groups excluding carboxylic acids is 2. The highest BCUT2D eigenvalue weighted by atomic mass is 16.2. The van der Waals surface area contributed by atoms with Gasteiger partial charge in [-0.25, -0.2) is 14.6 Å². The molecule has 0 spiro atoms. The van der Waals surface area contributed by atoms with E-state index in [0.29, 0.717) is 37.3 Å². The summed E-state index contributed by atoms with van der Waals surface area (Å²) in [5, 5.41) is 10.3. The Morgan fingerprint density at radius 3 is 2.54 bits per heavy atom. The van der Waals surface area contributed by atoms with Crippen LogP contribution in [0.25, 0.3) is 5.82 Å². The molecule has 0 saturated heterocycles. The molecule has 1 fully saturated rings. The predicted octanol–water partition coefficient (Wildman–Crippen LogP) is 3.10. The van der Waals surface area contributed by atoms with Crippen LogP contribution in [0.15, 0.2) is 55.1 Å². The molecule has 0 atom stereocenters. The van der Waals surface area contributed by atoms with Gasteiger partial charge < -0.3 is 10.6 Å². The fraction of sp³-hybridized carbons (Fsp3) is 0.250. The van der Waals surface area contributed by atoms with Gasteiger partial charge in [0, 0.05) is 48.6 Å². The van der Waals surface area contributed by atoms with Crippen LogP contribution in [0.2, 0.25) is 0 Å². The third-order valence-electron chi connectivity index (χ3n) is 4.73. The molecule has 0 bridgehead atoms. The third-order valence-corrected chi connectivity index (χ3v) is 4.73.